The molecule has 0 aliphatic carbocycles. The first kappa shape index (κ1) is 102. The fourth-order valence-corrected chi connectivity index (χ4v) is 19.2. The molecule has 2 saturated heterocycles. The molecule has 24 nitrogen and oxygen atoms in total. The van der Waals surface area contributed by atoms with Gasteiger partial charge in [0.05, 0.1) is 69.9 Å². The van der Waals surface area contributed by atoms with E-state index in [-0.39, 0.29) is 5.76 Å². The summed E-state index contributed by atoms with van der Waals surface area (Å²) in [7, 11) is 9.99. The van der Waals surface area contributed by atoms with Gasteiger partial charge in [-0.2, -0.15) is 5.10 Å². The average molecular weight is 1860 g/mol. The van der Waals surface area contributed by atoms with Crippen LogP contribution in [0, 0.1) is 20.8 Å². The first-order valence-electron chi connectivity index (χ1n) is 48.6. The van der Waals surface area contributed by atoms with E-state index in [1.165, 1.54) is 99.7 Å². The number of aryl methyl sites for hydroxylation is 7. The van der Waals surface area contributed by atoms with Crippen molar-refractivity contribution in [2.45, 2.75) is 217 Å². The van der Waals surface area contributed by atoms with Crippen LogP contribution in [0.25, 0.3) is 82.6 Å². The number of carboxylic acids is 4. The molecule has 2 aliphatic heterocycles. The maximum absolute atomic E-state index is 12.0. The number of pyridine rings is 3. The second-order valence-corrected chi connectivity index (χ2v) is 39.3. The Kier molecular flexibility index (Phi) is 32.8. The van der Waals surface area contributed by atoms with Gasteiger partial charge in [0.1, 0.15) is 23.5 Å². The summed E-state index contributed by atoms with van der Waals surface area (Å²) in [6.07, 6.45) is 23.8. The Morgan fingerprint density at radius 1 is 0.428 bits per heavy atom. The maximum Gasteiger partial charge on any atom is 0.352 e. The van der Waals surface area contributed by atoms with Crippen molar-refractivity contribution >= 4 is 106 Å². The van der Waals surface area contributed by atoms with Gasteiger partial charge >= 0.3 is 23.9 Å². The van der Waals surface area contributed by atoms with Crippen molar-refractivity contribution in [2.24, 2.45) is 21.1 Å². The number of anilines is 2. The number of carboxylic acid groups (broad SMARTS) is 4. The minimum absolute atomic E-state index is 0.103. The topological polar surface area (TPSA) is 278 Å². The molecule has 10 aromatic heterocycles. The van der Waals surface area contributed by atoms with Gasteiger partial charge in [-0.25, -0.2) is 24.2 Å². The highest BCUT2D eigenvalue weighted by molar-refractivity contribution is 6.05. The van der Waals surface area contributed by atoms with E-state index in [0.29, 0.717) is 77.7 Å². The Morgan fingerprint density at radius 2 is 0.957 bits per heavy atom. The zero-order chi connectivity index (χ0) is 99.5. The van der Waals surface area contributed by atoms with Gasteiger partial charge in [0.25, 0.3) is 0 Å². The molecular formula is C114H139N15O9. The molecule has 0 unspecified atom stereocenters. The highest BCUT2D eigenvalue weighted by atomic mass is 16.4. The second-order valence-electron chi connectivity index (χ2n) is 39.3. The minimum atomic E-state index is -0.902. The van der Waals surface area contributed by atoms with Crippen LogP contribution in [0.5, 0.6) is 0 Å². The number of aromatic carboxylic acids is 4. The van der Waals surface area contributed by atoms with Gasteiger partial charge in [-0.15, -0.1) is 0 Å². The lowest BCUT2D eigenvalue weighted by Crippen LogP contribution is -2.29. The van der Waals surface area contributed by atoms with Crippen LogP contribution in [0.3, 0.4) is 0 Å². The summed E-state index contributed by atoms with van der Waals surface area (Å²) >= 11 is 0. The molecule has 138 heavy (non-hydrogen) atoms. The number of para-hydroxylation sites is 1. The number of piperidine rings is 2. The molecule has 2 fully saturated rings. The normalized spacial score (nSPS) is 12.8. The molecule has 0 bridgehead atoms. The van der Waals surface area contributed by atoms with E-state index < -0.39 is 23.9 Å². The lowest BCUT2D eigenvalue weighted by Gasteiger charge is -2.29. The molecule has 0 atom stereocenters. The Labute approximate surface area is 811 Å². The number of nitrogens with zero attached hydrogens (tertiary/aromatic N) is 15. The monoisotopic (exact) mass is 1860 g/mol. The summed E-state index contributed by atoms with van der Waals surface area (Å²) in [5.41, 5.74) is 27.0. The number of aliphatic hydroxyl groups is 1. The molecule has 12 heterocycles. The zero-order valence-corrected chi connectivity index (χ0v) is 84.5. The van der Waals surface area contributed by atoms with Gasteiger partial charge in [0, 0.05) is 170 Å². The fraction of sp³-hybridized carbons (Fsp3) is 0.377. The molecular weight excluding hydrogens is 1720 g/mol. The predicted octanol–water partition coefficient (Wildman–Crippen LogP) is 25.1. The van der Waals surface area contributed by atoms with E-state index in [1.54, 1.807) is 41.5 Å². The third-order valence-corrected chi connectivity index (χ3v) is 26.4. The van der Waals surface area contributed by atoms with Crippen LogP contribution >= 0.6 is 0 Å². The zero-order valence-electron chi connectivity index (χ0n) is 84.5. The molecule has 0 spiro atoms. The van der Waals surface area contributed by atoms with E-state index in [4.69, 9.17) is 5.11 Å². The summed E-state index contributed by atoms with van der Waals surface area (Å²) < 4.78 is 14.1. The minimum Gasteiger partial charge on any atom is -0.508 e. The van der Waals surface area contributed by atoms with Gasteiger partial charge in [-0.1, -0.05) is 150 Å². The first-order valence-corrected chi connectivity index (χ1v) is 48.6. The van der Waals surface area contributed by atoms with Crippen LogP contribution in [-0.4, -0.2) is 158 Å². The number of hydrogen-bond donors (Lipinski definition) is 5. The number of hydrogen-bond acceptors (Lipinski definition) is 13. The Balaban J connectivity index is 0.000000141. The van der Waals surface area contributed by atoms with Gasteiger partial charge in [0.15, 0.2) is 5.82 Å². The summed E-state index contributed by atoms with van der Waals surface area (Å²) in [6, 6.07) is 46.8. The smallest absolute Gasteiger partial charge is 0.352 e. The van der Waals surface area contributed by atoms with Gasteiger partial charge < -0.3 is 67.6 Å². The first-order chi connectivity index (χ1) is 65.7. The van der Waals surface area contributed by atoms with Crippen LogP contribution in [0.4, 0.5) is 11.4 Å². The third-order valence-electron chi connectivity index (χ3n) is 26.4. The second kappa shape index (κ2) is 44.5. The number of aliphatic hydroxyl groups excluding tert-OH is 1. The third kappa shape index (κ3) is 23.5. The van der Waals surface area contributed by atoms with E-state index >= 15 is 0 Å². The Hall–Kier alpha value is -13.9. The standard InChI is InChI=1S/2C24H29N3O2.C20H22N2O.C16H22N2O2.C15H18N4.C15H19NO2/c2*1-16(2)21-12-17(3)11-18-13-22(24(28)29)27(23(18)21)15-19-14-20(7-8-25-19)26-9-5-4-6-10-26;1-13(2)17-6-5-7-18-19(15(4)23)12-22(20(17)18)11-16-9-8-14(3)10-21-16;1-11(2)14-10-18(8-7-17(3)4)15-6-5-12(16(19)20)9-13(14)15;1-10(2)13-8-18(3)14-6-5-11(7-12(13)14)15-16-9-19(4)17-15;1-5-10-6-11(9(2)3)14-12(7-10)13(15(17)18)8-16(14)4/h2*7-8,11-14,16H,4-6,9-10,15H2,1-3H3,(H,28,29);5-10,12-13,23H,4,11H2,1-3H3;5-6,9-11H,7-8H2,1-4H3,(H,19,20);5-10H,1-4H3;6-9H,5H2,1-4H3,(H,17,18). The molecule has 6 aromatic carbocycles. The highest BCUT2D eigenvalue weighted by Crippen LogP contribution is 2.39. The average Bonchev–Trinajstić information content (AvgIpc) is 1.62. The number of benzene rings is 6. The van der Waals surface area contributed by atoms with Gasteiger partial charge in [0.2, 0.25) is 0 Å². The summed E-state index contributed by atoms with van der Waals surface area (Å²) in [6.45, 7) is 45.7. The number of aromatic nitrogens is 12. The predicted molar refractivity (Wildman–Crippen MR) is 562 cm³/mol. The van der Waals surface area contributed by atoms with Crippen molar-refractivity contribution in [3.05, 3.63) is 297 Å². The van der Waals surface area contributed by atoms with Crippen LogP contribution in [0.15, 0.2) is 196 Å². The highest BCUT2D eigenvalue weighted by Gasteiger charge is 2.27. The number of fused-ring (bicyclic) bond motifs is 6. The lowest BCUT2D eigenvalue weighted by atomic mass is 9.95. The van der Waals surface area contributed by atoms with E-state index in [1.807, 2.05) is 89.8 Å². The van der Waals surface area contributed by atoms with E-state index in [2.05, 4.69) is 282 Å². The Morgan fingerprint density at radius 3 is 1.43 bits per heavy atom. The summed E-state index contributed by atoms with van der Waals surface area (Å²) in [5, 5.41) is 58.6. The fourth-order valence-electron chi connectivity index (χ4n) is 19.2. The van der Waals surface area contributed by atoms with Crippen molar-refractivity contribution in [3.8, 4) is 11.4 Å². The largest absolute Gasteiger partial charge is 0.508 e. The van der Waals surface area contributed by atoms with E-state index in [0.717, 1.165) is 151 Å². The quantitative estimate of drug-likeness (QED) is 0.0352. The maximum atomic E-state index is 12.0. The molecule has 16 aromatic rings. The molecule has 18 rings (SSSR count). The number of likely N-dealkylation sites (N-methyl/N-ethyl adjacent to an activating group) is 1. The Bertz CT molecular complexity index is 6900. The van der Waals surface area contributed by atoms with E-state index in [9.17, 15) is 39.6 Å². The van der Waals surface area contributed by atoms with Crippen molar-refractivity contribution in [1.82, 2.24) is 62.0 Å². The van der Waals surface area contributed by atoms with Crippen LogP contribution in [0.1, 0.15) is 284 Å². The van der Waals surface area contributed by atoms with Gasteiger partial charge in [-0.05, 0) is 257 Å². The molecule has 0 amide bonds. The van der Waals surface area contributed by atoms with Crippen LogP contribution < -0.4 is 9.80 Å². The molecule has 2 aliphatic rings. The number of carbonyl (C=O) groups is 4. The lowest BCUT2D eigenvalue weighted by molar-refractivity contribution is 0.0675. The van der Waals surface area contributed by atoms with Crippen molar-refractivity contribution in [1.29, 1.82) is 0 Å². The molecule has 0 saturated carbocycles. The van der Waals surface area contributed by atoms with Crippen LogP contribution in [0.2, 0.25) is 0 Å². The van der Waals surface area contributed by atoms with Crippen molar-refractivity contribution in [2.75, 3.05) is 56.6 Å². The molecule has 0 radical (unpaired) electrons. The summed E-state index contributed by atoms with van der Waals surface area (Å²) in [4.78, 5) is 71.4. The number of rotatable bonds is 24. The SMILES string of the molecule is C=C(O)c1cn(Cc2ccc(C)cn2)c2c(C(C)C)cccc12.CC(C)c1cn(C)c2ccc(-c3ncn(C)n3)cc12.CC(C)c1cn(CCN(C)C)c2ccc(C(=O)O)cc12.CCc1cc(C(C)C)c2c(c1)c(C(=O)O)cn2C.Cc1cc(C(C)C)c2c(c1)cc(C(=O)O)n2Cc1cc(N2CCCCC2)ccn1.Cc1cc(C(C)C)c2c(c1)cc(C(=O)O)n2Cc1cc(N2CCCCC2)ccn1. The molecule has 24 heteroatoms. The molecule has 724 valence electrons. The molecule has 5 N–H and O–H groups in total. The summed E-state index contributed by atoms with van der Waals surface area (Å²) in [5.74, 6) is -0.368. The van der Waals surface area contributed by atoms with Crippen LogP contribution in [-0.2, 0) is 53.7 Å². The van der Waals surface area contributed by atoms with Crippen molar-refractivity contribution in [3.63, 3.8) is 0 Å². The van der Waals surface area contributed by atoms with Crippen molar-refractivity contribution < 1.29 is 44.7 Å². The van der Waals surface area contributed by atoms with Gasteiger partial charge in [-0.3, -0.25) is 19.6 Å².